The van der Waals surface area contributed by atoms with E-state index in [1.54, 1.807) is 24.3 Å². The van der Waals surface area contributed by atoms with Gasteiger partial charge in [-0.1, -0.05) is 43.3 Å². The predicted octanol–water partition coefficient (Wildman–Crippen LogP) is 3.30. The van der Waals surface area contributed by atoms with Crippen LogP contribution in [0.5, 0.6) is 0 Å². The Morgan fingerprint density at radius 3 is 2.40 bits per heavy atom. The van der Waals surface area contributed by atoms with Crippen LogP contribution in [0.15, 0.2) is 48.5 Å². The van der Waals surface area contributed by atoms with Crippen molar-refractivity contribution in [1.82, 2.24) is 0 Å². The number of carbonyl (C=O) groups excluding carboxylic acids is 1. The van der Waals surface area contributed by atoms with Gasteiger partial charge in [0.1, 0.15) is 6.07 Å². The highest BCUT2D eigenvalue weighted by Crippen LogP contribution is 2.14. The molecule has 2 aromatic rings. The van der Waals surface area contributed by atoms with Gasteiger partial charge in [0, 0.05) is 0 Å². The molecule has 20 heavy (non-hydrogen) atoms. The number of amides is 1. The van der Waals surface area contributed by atoms with E-state index >= 15 is 0 Å². The lowest BCUT2D eigenvalue weighted by Gasteiger charge is -2.07. The van der Waals surface area contributed by atoms with Crippen LogP contribution in [0, 0.1) is 11.3 Å². The molecule has 0 aliphatic carbocycles. The van der Waals surface area contributed by atoms with Crippen LogP contribution < -0.4 is 5.32 Å². The minimum atomic E-state index is -0.114. The molecule has 100 valence electrons. The van der Waals surface area contributed by atoms with Gasteiger partial charge in [0.2, 0.25) is 5.91 Å². The van der Waals surface area contributed by atoms with Crippen LogP contribution >= 0.6 is 0 Å². The van der Waals surface area contributed by atoms with Gasteiger partial charge in [-0.05, 0) is 29.7 Å². The Morgan fingerprint density at radius 1 is 1.10 bits per heavy atom. The van der Waals surface area contributed by atoms with Crippen molar-refractivity contribution in [3.05, 3.63) is 65.2 Å². The maximum atomic E-state index is 12.0. The van der Waals surface area contributed by atoms with Crippen molar-refractivity contribution in [2.75, 3.05) is 5.32 Å². The largest absolute Gasteiger partial charge is 0.325 e. The number of rotatable bonds is 4. The molecule has 0 saturated carbocycles. The maximum absolute atomic E-state index is 12.0. The van der Waals surface area contributed by atoms with E-state index in [1.807, 2.05) is 24.3 Å². The molecule has 2 rings (SSSR count). The maximum Gasteiger partial charge on any atom is 0.228 e. The van der Waals surface area contributed by atoms with Crippen molar-refractivity contribution in [3.63, 3.8) is 0 Å². The zero-order valence-electron chi connectivity index (χ0n) is 11.4. The van der Waals surface area contributed by atoms with Gasteiger partial charge in [0.15, 0.2) is 0 Å². The summed E-state index contributed by atoms with van der Waals surface area (Å²) in [4.78, 5) is 12.0. The van der Waals surface area contributed by atoms with Gasteiger partial charge < -0.3 is 5.32 Å². The van der Waals surface area contributed by atoms with Gasteiger partial charge >= 0.3 is 0 Å². The van der Waals surface area contributed by atoms with Crippen molar-refractivity contribution < 1.29 is 4.79 Å². The van der Waals surface area contributed by atoms with Crippen molar-refractivity contribution in [1.29, 1.82) is 5.26 Å². The Labute approximate surface area is 118 Å². The van der Waals surface area contributed by atoms with Gasteiger partial charge in [-0.15, -0.1) is 0 Å². The van der Waals surface area contributed by atoms with E-state index in [-0.39, 0.29) is 5.91 Å². The molecule has 1 amide bonds. The third-order valence-corrected chi connectivity index (χ3v) is 3.12. The number of hydrogen-bond donors (Lipinski definition) is 1. The lowest BCUT2D eigenvalue weighted by atomic mass is 10.1. The quantitative estimate of drug-likeness (QED) is 0.921. The molecule has 0 heterocycles. The third kappa shape index (κ3) is 3.46. The number of benzene rings is 2. The molecule has 3 heteroatoms. The minimum absolute atomic E-state index is 0.114. The summed E-state index contributed by atoms with van der Waals surface area (Å²) in [5, 5.41) is 11.8. The normalized spacial score (nSPS) is 9.80. The Balaban J connectivity index is 2.03. The molecule has 0 unspecified atom stereocenters. The predicted molar refractivity (Wildman–Crippen MR) is 79.3 cm³/mol. The lowest BCUT2D eigenvalue weighted by molar-refractivity contribution is -0.115. The van der Waals surface area contributed by atoms with E-state index < -0.39 is 0 Å². The van der Waals surface area contributed by atoms with Crippen LogP contribution in [0.3, 0.4) is 0 Å². The molecule has 1 N–H and O–H groups in total. The van der Waals surface area contributed by atoms with Gasteiger partial charge in [-0.25, -0.2) is 0 Å². The summed E-state index contributed by atoms with van der Waals surface area (Å²) in [6, 6.07) is 17.1. The van der Waals surface area contributed by atoms with E-state index in [2.05, 4.69) is 18.3 Å². The second-order valence-corrected chi connectivity index (χ2v) is 4.55. The smallest absolute Gasteiger partial charge is 0.228 e. The van der Waals surface area contributed by atoms with Crippen LogP contribution in [-0.2, 0) is 17.6 Å². The average Bonchev–Trinajstić information content (AvgIpc) is 2.48. The number of nitriles is 1. The van der Waals surface area contributed by atoms with E-state index in [1.165, 1.54) is 5.56 Å². The number of aryl methyl sites for hydroxylation is 1. The summed E-state index contributed by atoms with van der Waals surface area (Å²) in [7, 11) is 0. The van der Waals surface area contributed by atoms with Gasteiger partial charge in [0.25, 0.3) is 0 Å². The van der Waals surface area contributed by atoms with Crippen LogP contribution in [0.2, 0.25) is 0 Å². The zero-order valence-corrected chi connectivity index (χ0v) is 11.4. The van der Waals surface area contributed by atoms with E-state index in [9.17, 15) is 4.79 Å². The molecule has 3 nitrogen and oxygen atoms in total. The summed E-state index contributed by atoms with van der Waals surface area (Å²) in [6.45, 7) is 2.10. The molecule has 0 fully saturated rings. The molecule has 0 spiro atoms. The second-order valence-electron chi connectivity index (χ2n) is 4.55. The molecule has 0 aromatic heterocycles. The highest BCUT2D eigenvalue weighted by atomic mass is 16.1. The number of hydrogen-bond acceptors (Lipinski definition) is 2. The summed E-state index contributed by atoms with van der Waals surface area (Å²) in [6.07, 6.45) is 1.30. The zero-order chi connectivity index (χ0) is 14.4. The first-order valence-corrected chi connectivity index (χ1v) is 6.59. The monoisotopic (exact) mass is 264 g/mol. The average molecular weight is 264 g/mol. The van der Waals surface area contributed by atoms with E-state index in [0.717, 1.165) is 12.0 Å². The second kappa shape index (κ2) is 6.53. The first kappa shape index (κ1) is 13.8. The molecular formula is C17H16N2O. The fourth-order valence-electron chi connectivity index (χ4n) is 1.96. The van der Waals surface area contributed by atoms with Gasteiger partial charge in [-0.3, -0.25) is 4.79 Å². The van der Waals surface area contributed by atoms with Crippen LogP contribution in [0.4, 0.5) is 5.69 Å². The van der Waals surface area contributed by atoms with Gasteiger partial charge in [0.05, 0.1) is 17.7 Å². The highest BCUT2D eigenvalue weighted by Gasteiger charge is 2.07. The molecule has 0 atom stereocenters. The number of carbonyl (C=O) groups is 1. The molecule has 2 aromatic carbocycles. The summed E-state index contributed by atoms with van der Waals surface area (Å²) < 4.78 is 0. The van der Waals surface area contributed by atoms with Crippen molar-refractivity contribution in [3.8, 4) is 6.07 Å². The van der Waals surface area contributed by atoms with E-state index in [0.29, 0.717) is 17.7 Å². The summed E-state index contributed by atoms with van der Waals surface area (Å²) in [5.74, 6) is -0.114. The fourth-order valence-corrected chi connectivity index (χ4v) is 1.96. The first-order chi connectivity index (χ1) is 9.72. The molecule has 0 radical (unpaired) electrons. The minimum Gasteiger partial charge on any atom is -0.325 e. The number of nitrogens with zero attached hydrogens (tertiary/aromatic N) is 1. The Morgan fingerprint density at radius 2 is 1.75 bits per heavy atom. The van der Waals surface area contributed by atoms with Crippen LogP contribution in [-0.4, -0.2) is 5.91 Å². The molecule has 0 aliphatic heterocycles. The Bertz CT molecular complexity index is 639. The standard InChI is InChI=1S/C17H16N2O/c1-2-13-7-9-14(10-8-13)11-17(20)19-16-6-4-3-5-15(16)12-18/h3-10H,2,11H2,1H3,(H,19,20). The highest BCUT2D eigenvalue weighted by molar-refractivity contribution is 5.93. The molecular weight excluding hydrogens is 248 g/mol. The fraction of sp³-hybridized carbons (Fsp3) is 0.176. The number of anilines is 1. The van der Waals surface area contributed by atoms with Crippen LogP contribution in [0.25, 0.3) is 0 Å². The molecule has 0 bridgehead atoms. The number of nitrogens with one attached hydrogen (secondary N) is 1. The first-order valence-electron chi connectivity index (χ1n) is 6.59. The summed E-state index contributed by atoms with van der Waals surface area (Å²) >= 11 is 0. The number of para-hydroxylation sites is 1. The Hall–Kier alpha value is -2.60. The summed E-state index contributed by atoms with van der Waals surface area (Å²) in [5.41, 5.74) is 3.26. The van der Waals surface area contributed by atoms with Crippen molar-refractivity contribution in [2.24, 2.45) is 0 Å². The Kier molecular flexibility index (Phi) is 4.52. The molecule has 0 saturated heterocycles. The van der Waals surface area contributed by atoms with Gasteiger partial charge in [-0.2, -0.15) is 5.26 Å². The van der Waals surface area contributed by atoms with Crippen LogP contribution in [0.1, 0.15) is 23.6 Å². The SMILES string of the molecule is CCc1ccc(CC(=O)Nc2ccccc2C#N)cc1. The topological polar surface area (TPSA) is 52.9 Å². The van der Waals surface area contributed by atoms with E-state index in [4.69, 9.17) is 5.26 Å². The van der Waals surface area contributed by atoms with Crippen molar-refractivity contribution in [2.45, 2.75) is 19.8 Å². The van der Waals surface area contributed by atoms with Crippen molar-refractivity contribution >= 4 is 11.6 Å². The molecule has 0 aliphatic rings. The lowest BCUT2D eigenvalue weighted by Crippen LogP contribution is -2.15. The third-order valence-electron chi connectivity index (χ3n) is 3.12.